The van der Waals surface area contributed by atoms with Gasteiger partial charge in [-0.1, -0.05) is 20.8 Å². The van der Waals surface area contributed by atoms with E-state index in [1.807, 2.05) is 30.1 Å². The molecule has 1 amide bonds. The summed E-state index contributed by atoms with van der Waals surface area (Å²) in [4.78, 5) is 11.5. The van der Waals surface area contributed by atoms with Crippen molar-refractivity contribution < 1.29 is 4.79 Å². The molecule has 3 heteroatoms. The van der Waals surface area contributed by atoms with Gasteiger partial charge in [0.2, 0.25) is 5.91 Å². The van der Waals surface area contributed by atoms with E-state index < -0.39 is 0 Å². The van der Waals surface area contributed by atoms with Crippen molar-refractivity contribution >= 4 is 5.91 Å². The van der Waals surface area contributed by atoms with Gasteiger partial charge in [-0.3, -0.25) is 4.79 Å². The van der Waals surface area contributed by atoms with E-state index in [2.05, 4.69) is 26.1 Å². The summed E-state index contributed by atoms with van der Waals surface area (Å²) in [6.07, 6.45) is 4.56. The maximum absolute atomic E-state index is 11.5. The maximum atomic E-state index is 11.5. The molecule has 0 unspecified atom stereocenters. The topological polar surface area (TPSA) is 34.0 Å². The molecule has 3 nitrogen and oxygen atoms in total. The van der Waals surface area contributed by atoms with Crippen molar-refractivity contribution in [1.29, 1.82) is 0 Å². The van der Waals surface area contributed by atoms with Gasteiger partial charge in [-0.05, 0) is 17.0 Å². The van der Waals surface area contributed by atoms with Gasteiger partial charge >= 0.3 is 0 Å². The number of hydrogen-bond acceptors (Lipinski definition) is 1. The van der Waals surface area contributed by atoms with Gasteiger partial charge in [0.05, 0.1) is 0 Å². The molecule has 0 aromatic carbocycles. The number of aryl methyl sites for hydroxylation is 1. The summed E-state index contributed by atoms with van der Waals surface area (Å²) >= 11 is 0. The van der Waals surface area contributed by atoms with E-state index in [0.29, 0.717) is 13.0 Å². The number of amides is 1. The number of rotatable bonds is 3. The lowest BCUT2D eigenvalue weighted by Crippen LogP contribution is -2.26. The summed E-state index contributed by atoms with van der Waals surface area (Å²) in [7, 11) is 1.97. The molecule has 0 aliphatic heterocycles. The van der Waals surface area contributed by atoms with Gasteiger partial charge < -0.3 is 9.88 Å². The lowest BCUT2D eigenvalue weighted by atomic mass is 9.92. The van der Waals surface area contributed by atoms with Crippen LogP contribution in [0.4, 0.5) is 0 Å². The Morgan fingerprint density at radius 2 is 2.13 bits per heavy atom. The SMILES string of the molecule is Cn1ccc(CNC(=O)CC(C)(C)C)c1. The molecule has 0 aliphatic carbocycles. The highest BCUT2D eigenvalue weighted by Gasteiger charge is 2.15. The number of aromatic nitrogens is 1. The first-order valence-electron chi connectivity index (χ1n) is 5.24. The van der Waals surface area contributed by atoms with E-state index in [1.54, 1.807) is 0 Å². The number of nitrogens with one attached hydrogen (secondary N) is 1. The van der Waals surface area contributed by atoms with Gasteiger partial charge in [0.15, 0.2) is 0 Å². The standard InChI is InChI=1S/C12H20N2O/c1-12(2,3)7-11(15)13-8-10-5-6-14(4)9-10/h5-6,9H,7-8H2,1-4H3,(H,13,15). The van der Waals surface area contributed by atoms with Gasteiger partial charge in [-0.15, -0.1) is 0 Å². The zero-order chi connectivity index (χ0) is 11.5. The smallest absolute Gasteiger partial charge is 0.220 e. The molecule has 1 aromatic rings. The third-order valence-corrected chi connectivity index (χ3v) is 2.07. The van der Waals surface area contributed by atoms with E-state index in [9.17, 15) is 4.79 Å². The Labute approximate surface area is 91.5 Å². The predicted octanol–water partition coefficient (Wildman–Crippen LogP) is 2.08. The Bertz CT molecular complexity index is 334. The van der Waals surface area contributed by atoms with Gasteiger partial charge in [-0.2, -0.15) is 0 Å². The molecule has 0 bridgehead atoms. The highest BCUT2D eigenvalue weighted by atomic mass is 16.1. The molecule has 0 spiro atoms. The van der Waals surface area contributed by atoms with Crippen LogP contribution in [-0.2, 0) is 18.4 Å². The molecule has 0 atom stereocenters. The van der Waals surface area contributed by atoms with Crippen LogP contribution in [0.2, 0.25) is 0 Å². The fourth-order valence-corrected chi connectivity index (χ4v) is 1.41. The lowest BCUT2D eigenvalue weighted by molar-refractivity contribution is -0.122. The summed E-state index contributed by atoms with van der Waals surface area (Å²) in [6, 6.07) is 2.01. The summed E-state index contributed by atoms with van der Waals surface area (Å²) in [5.41, 5.74) is 1.19. The third-order valence-electron chi connectivity index (χ3n) is 2.07. The fourth-order valence-electron chi connectivity index (χ4n) is 1.41. The zero-order valence-corrected chi connectivity index (χ0v) is 10.0. The third kappa shape index (κ3) is 4.68. The molecule has 0 saturated carbocycles. The summed E-state index contributed by atoms with van der Waals surface area (Å²) < 4.78 is 1.98. The van der Waals surface area contributed by atoms with Crippen molar-refractivity contribution in [2.45, 2.75) is 33.7 Å². The minimum Gasteiger partial charge on any atom is -0.357 e. The molecule has 0 radical (unpaired) electrons. The second kappa shape index (κ2) is 4.51. The summed E-state index contributed by atoms with van der Waals surface area (Å²) in [6.45, 7) is 6.81. The molecule has 1 aromatic heterocycles. The summed E-state index contributed by atoms with van der Waals surface area (Å²) in [5.74, 6) is 0.117. The maximum Gasteiger partial charge on any atom is 0.220 e. The number of carbonyl (C=O) groups excluding carboxylic acids is 1. The second-order valence-corrected chi connectivity index (χ2v) is 5.20. The number of hydrogen-bond donors (Lipinski definition) is 1. The second-order valence-electron chi connectivity index (χ2n) is 5.20. The molecule has 0 aliphatic rings. The fraction of sp³-hybridized carbons (Fsp3) is 0.583. The Morgan fingerprint density at radius 3 is 2.60 bits per heavy atom. The van der Waals surface area contributed by atoms with Gasteiger partial charge in [0, 0.05) is 32.4 Å². The van der Waals surface area contributed by atoms with Crippen molar-refractivity contribution in [3.63, 3.8) is 0 Å². The van der Waals surface area contributed by atoms with E-state index >= 15 is 0 Å². The van der Waals surface area contributed by atoms with Crippen LogP contribution < -0.4 is 5.32 Å². The van der Waals surface area contributed by atoms with Crippen LogP contribution in [0.25, 0.3) is 0 Å². The number of carbonyl (C=O) groups is 1. The zero-order valence-electron chi connectivity index (χ0n) is 10.0. The van der Waals surface area contributed by atoms with Crippen LogP contribution in [0, 0.1) is 5.41 Å². The predicted molar refractivity (Wildman–Crippen MR) is 61.3 cm³/mol. The Morgan fingerprint density at radius 1 is 1.47 bits per heavy atom. The van der Waals surface area contributed by atoms with Gasteiger partial charge in [0.1, 0.15) is 0 Å². The van der Waals surface area contributed by atoms with Crippen molar-refractivity contribution in [2.75, 3.05) is 0 Å². The normalized spacial score (nSPS) is 11.5. The molecule has 15 heavy (non-hydrogen) atoms. The van der Waals surface area contributed by atoms with Crippen LogP contribution in [0.15, 0.2) is 18.5 Å². The van der Waals surface area contributed by atoms with Crippen LogP contribution >= 0.6 is 0 Å². The molecular weight excluding hydrogens is 188 g/mol. The first-order valence-corrected chi connectivity index (χ1v) is 5.24. The molecular formula is C12H20N2O. The summed E-state index contributed by atoms with van der Waals surface area (Å²) in [5, 5.41) is 2.92. The van der Waals surface area contributed by atoms with Crippen LogP contribution in [0.1, 0.15) is 32.8 Å². The molecule has 0 fully saturated rings. The van der Waals surface area contributed by atoms with Gasteiger partial charge in [0.25, 0.3) is 0 Å². The van der Waals surface area contributed by atoms with Gasteiger partial charge in [-0.25, -0.2) is 0 Å². The minimum atomic E-state index is 0.0563. The van der Waals surface area contributed by atoms with E-state index in [1.165, 1.54) is 0 Å². The monoisotopic (exact) mass is 208 g/mol. The van der Waals surface area contributed by atoms with E-state index in [0.717, 1.165) is 5.56 Å². The highest BCUT2D eigenvalue weighted by molar-refractivity contribution is 5.76. The molecule has 1 heterocycles. The van der Waals surface area contributed by atoms with Crippen molar-refractivity contribution in [2.24, 2.45) is 12.5 Å². The van der Waals surface area contributed by atoms with Crippen LogP contribution in [0.5, 0.6) is 0 Å². The average Bonchev–Trinajstić information content (AvgIpc) is 2.45. The molecule has 84 valence electrons. The Kier molecular flexibility index (Phi) is 3.56. The van der Waals surface area contributed by atoms with Crippen molar-refractivity contribution in [1.82, 2.24) is 9.88 Å². The quantitative estimate of drug-likeness (QED) is 0.810. The lowest BCUT2D eigenvalue weighted by Gasteiger charge is -2.17. The molecule has 0 saturated heterocycles. The molecule has 1 N–H and O–H groups in total. The van der Waals surface area contributed by atoms with Crippen molar-refractivity contribution in [3.8, 4) is 0 Å². The first-order chi connectivity index (χ1) is 6.87. The largest absolute Gasteiger partial charge is 0.357 e. The average molecular weight is 208 g/mol. The Hall–Kier alpha value is -1.25. The Balaban J connectivity index is 2.35. The van der Waals surface area contributed by atoms with E-state index in [-0.39, 0.29) is 11.3 Å². The number of nitrogens with zero attached hydrogens (tertiary/aromatic N) is 1. The highest BCUT2D eigenvalue weighted by Crippen LogP contribution is 2.17. The van der Waals surface area contributed by atoms with Crippen LogP contribution in [0.3, 0.4) is 0 Å². The minimum absolute atomic E-state index is 0.0563. The van der Waals surface area contributed by atoms with Crippen molar-refractivity contribution in [3.05, 3.63) is 24.0 Å². The van der Waals surface area contributed by atoms with E-state index in [4.69, 9.17) is 0 Å². The van der Waals surface area contributed by atoms with Crippen LogP contribution in [-0.4, -0.2) is 10.5 Å². The molecule has 1 rings (SSSR count). The first kappa shape index (κ1) is 11.8.